The van der Waals surface area contributed by atoms with E-state index in [1.807, 2.05) is 4.90 Å². The molecule has 1 heterocycles. The van der Waals surface area contributed by atoms with Gasteiger partial charge in [-0.05, 0) is 26.2 Å². The number of nitrogens with one attached hydrogen (secondary N) is 2. The number of amides is 2. The second-order valence-corrected chi connectivity index (χ2v) is 4.59. The summed E-state index contributed by atoms with van der Waals surface area (Å²) in [7, 11) is 0. The molecule has 1 aliphatic rings. The van der Waals surface area contributed by atoms with E-state index in [1.165, 1.54) is 6.42 Å². The van der Waals surface area contributed by atoms with Gasteiger partial charge in [0, 0.05) is 19.6 Å². The lowest BCUT2D eigenvalue weighted by atomic mass is 10.1. The van der Waals surface area contributed by atoms with Gasteiger partial charge in [-0.1, -0.05) is 6.08 Å². The van der Waals surface area contributed by atoms with E-state index in [4.69, 9.17) is 0 Å². The van der Waals surface area contributed by atoms with Crippen LogP contribution in [0.3, 0.4) is 0 Å². The minimum absolute atomic E-state index is 0.0202. The van der Waals surface area contributed by atoms with E-state index in [9.17, 15) is 9.59 Å². The Labute approximate surface area is 109 Å². The largest absolute Gasteiger partial charge is 0.343 e. The van der Waals surface area contributed by atoms with Crippen LogP contribution in [0.1, 0.15) is 26.2 Å². The average molecular weight is 253 g/mol. The summed E-state index contributed by atoms with van der Waals surface area (Å²) in [4.78, 5) is 25.4. The summed E-state index contributed by atoms with van der Waals surface area (Å²) in [5, 5.41) is 5.61. The Bertz CT molecular complexity index is 299. The normalized spacial score (nSPS) is 17.1. The van der Waals surface area contributed by atoms with Crippen LogP contribution in [0.4, 0.5) is 0 Å². The molecule has 1 saturated heterocycles. The van der Waals surface area contributed by atoms with Gasteiger partial charge < -0.3 is 15.5 Å². The molecule has 1 aliphatic heterocycles. The molecule has 1 atom stereocenters. The van der Waals surface area contributed by atoms with Gasteiger partial charge in [0.05, 0.1) is 6.54 Å². The summed E-state index contributed by atoms with van der Waals surface area (Å²) in [6.45, 7) is 7.71. The lowest BCUT2D eigenvalue weighted by molar-refractivity contribution is -0.136. The first-order valence-electron chi connectivity index (χ1n) is 6.55. The summed E-state index contributed by atoms with van der Waals surface area (Å²) >= 11 is 0. The highest BCUT2D eigenvalue weighted by atomic mass is 16.2. The van der Waals surface area contributed by atoms with Crippen LogP contribution in [-0.4, -0.2) is 48.9 Å². The van der Waals surface area contributed by atoms with Gasteiger partial charge in [0.25, 0.3) is 0 Å². The monoisotopic (exact) mass is 253 g/mol. The summed E-state index contributed by atoms with van der Waals surface area (Å²) < 4.78 is 0. The third kappa shape index (κ3) is 4.87. The maximum Gasteiger partial charge on any atom is 0.244 e. The SMILES string of the molecule is C=CCNCC(=O)NC(C)C(=O)N1CCCCC1. The molecule has 18 heavy (non-hydrogen) atoms. The third-order valence-electron chi connectivity index (χ3n) is 2.99. The van der Waals surface area contributed by atoms with Crippen molar-refractivity contribution in [1.29, 1.82) is 0 Å². The van der Waals surface area contributed by atoms with Crippen molar-refractivity contribution in [2.75, 3.05) is 26.2 Å². The van der Waals surface area contributed by atoms with E-state index < -0.39 is 6.04 Å². The number of piperidine rings is 1. The maximum absolute atomic E-state index is 12.0. The molecule has 0 saturated carbocycles. The molecule has 2 amide bonds. The first-order valence-corrected chi connectivity index (χ1v) is 6.55. The molecular weight excluding hydrogens is 230 g/mol. The number of nitrogens with zero attached hydrogens (tertiary/aromatic N) is 1. The highest BCUT2D eigenvalue weighted by Gasteiger charge is 2.22. The minimum atomic E-state index is -0.443. The summed E-state index contributed by atoms with van der Waals surface area (Å²) in [5.74, 6) is -0.138. The van der Waals surface area contributed by atoms with Crippen LogP contribution in [0.15, 0.2) is 12.7 Å². The van der Waals surface area contributed by atoms with Gasteiger partial charge in [0.2, 0.25) is 11.8 Å². The van der Waals surface area contributed by atoms with E-state index in [0.29, 0.717) is 6.54 Å². The van der Waals surface area contributed by atoms with Gasteiger partial charge in [-0.25, -0.2) is 0 Å². The van der Waals surface area contributed by atoms with Crippen molar-refractivity contribution in [2.24, 2.45) is 0 Å². The lowest BCUT2D eigenvalue weighted by Crippen LogP contribution is -2.50. The van der Waals surface area contributed by atoms with Gasteiger partial charge in [0.15, 0.2) is 0 Å². The Morgan fingerprint density at radius 2 is 2.00 bits per heavy atom. The molecule has 102 valence electrons. The molecule has 0 aromatic rings. The fourth-order valence-corrected chi connectivity index (χ4v) is 2.03. The molecule has 0 aromatic heterocycles. The van der Waals surface area contributed by atoms with Gasteiger partial charge in [-0.2, -0.15) is 0 Å². The van der Waals surface area contributed by atoms with Crippen LogP contribution in [0.25, 0.3) is 0 Å². The molecule has 1 rings (SSSR count). The molecule has 0 radical (unpaired) electrons. The molecule has 5 nitrogen and oxygen atoms in total. The van der Waals surface area contributed by atoms with Crippen molar-refractivity contribution >= 4 is 11.8 Å². The lowest BCUT2D eigenvalue weighted by Gasteiger charge is -2.29. The van der Waals surface area contributed by atoms with Crippen molar-refractivity contribution in [2.45, 2.75) is 32.2 Å². The molecule has 5 heteroatoms. The summed E-state index contributed by atoms with van der Waals surface area (Å²) in [6, 6.07) is -0.443. The van der Waals surface area contributed by atoms with Gasteiger partial charge in [-0.3, -0.25) is 9.59 Å². The number of rotatable bonds is 6. The van der Waals surface area contributed by atoms with Crippen molar-refractivity contribution in [1.82, 2.24) is 15.5 Å². The Morgan fingerprint density at radius 3 is 2.61 bits per heavy atom. The predicted octanol–water partition coefficient (Wildman–Crippen LogP) is 0.279. The van der Waals surface area contributed by atoms with Crippen LogP contribution in [0.5, 0.6) is 0 Å². The first kappa shape index (κ1) is 14.7. The maximum atomic E-state index is 12.0. The molecule has 0 spiro atoms. The number of carbonyl (C=O) groups is 2. The van der Waals surface area contributed by atoms with Crippen LogP contribution in [0, 0.1) is 0 Å². The van der Waals surface area contributed by atoms with E-state index in [0.717, 1.165) is 25.9 Å². The quantitative estimate of drug-likeness (QED) is 0.528. The number of likely N-dealkylation sites (tertiary alicyclic amines) is 1. The predicted molar refractivity (Wildman–Crippen MR) is 71.1 cm³/mol. The second kappa shape index (κ2) is 7.87. The highest BCUT2D eigenvalue weighted by Crippen LogP contribution is 2.09. The number of hydrogen-bond donors (Lipinski definition) is 2. The highest BCUT2D eigenvalue weighted by molar-refractivity contribution is 5.88. The van der Waals surface area contributed by atoms with Gasteiger partial charge in [-0.15, -0.1) is 6.58 Å². The Hall–Kier alpha value is -1.36. The van der Waals surface area contributed by atoms with E-state index in [2.05, 4.69) is 17.2 Å². The standard InChI is InChI=1S/C13H23N3O2/c1-3-7-14-10-12(17)15-11(2)13(18)16-8-5-4-6-9-16/h3,11,14H,1,4-10H2,2H3,(H,15,17). The fraction of sp³-hybridized carbons (Fsp3) is 0.692. The molecule has 2 N–H and O–H groups in total. The molecule has 1 unspecified atom stereocenters. The zero-order valence-electron chi connectivity index (χ0n) is 11.1. The van der Waals surface area contributed by atoms with Crippen LogP contribution in [-0.2, 0) is 9.59 Å². The minimum Gasteiger partial charge on any atom is -0.343 e. The van der Waals surface area contributed by atoms with Gasteiger partial charge >= 0.3 is 0 Å². The third-order valence-corrected chi connectivity index (χ3v) is 2.99. The van der Waals surface area contributed by atoms with Crippen molar-refractivity contribution in [3.05, 3.63) is 12.7 Å². The average Bonchev–Trinajstić information content (AvgIpc) is 2.39. The number of carbonyl (C=O) groups excluding carboxylic acids is 2. The van der Waals surface area contributed by atoms with Crippen LogP contribution in [0.2, 0.25) is 0 Å². The molecule has 0 bridgehead atoms. The van der Waals surface area contributed by atoms with Crippen molar-refractivity contribution in [3.63, 3.8) is 0 Å². The topological polar surface area (TPSA) is 61.4 Å². The Kier molecular flexibility index (Phi) is 6.43. The van der Waals surface area contributed by atoms with Gasteiger partial charge in [0.1, 0.15) is 6.04 Å². The van der Waals surface area contributed by atoms with Crippen molar-refractivity contribution in [3.8, 4) is 0 Å². The molecule has 0 aromatic carbocycles. The van der Waals surface area contributed by atoms with E-state index >= 15 is 0 Å². The van der Waals surface area contributed by atoms with E-state index in [-0.39, 0.29) is 18.4 Å². The summed E-state index contributed by atoms with van der Waals surface area (Å²) in [6.07, 6.45) is 5.01. The first-order chi connectivity index (χ1) is 8.65. The summed E-state index contributed by atoms with van der Waals surface area (Å²) in [5.41, 5.74) is 0. The Balaban J connectivity index is 2.29. The fourth-order valence-electron chi connectivity index (χ4n) is 2.03. The smallest absolute Gasteiger partial charge is 0.244 e. The molecule has 0 aliphatic carbocycles. The number of hydrogen-bond acceptors (Lipinski definition) is 3. The zero-order chi connectivity index (χ0) is 13.4. The molecule has 1 fully saturated rings. The van der Waals surface area contributed by atoms with Crippen LogP contribution >= 0.6 is 0 Å². The van der Waals surface area contributed by atoms with Crippen LogP contribution < -0.4 is 10.6 Å². The van der Waals surface area contributed by atoms with Crippen molar-refractivity contribution < 1.29 is 9.59 Å². The Morgan fingerprint density at radius 1 is 1.33 bits per heavy atom. The zero-order valence-corrected chi connectivity index (χ0v) is 11.1. The molecular formula is C13H23N3O2. The second-order valence-electron chi connectivity index (χ2n) is 4.59. The van der Waals surface area contributed by atoms with E-state index in [1.54, 1.807) is 13.0 Å².